The van der Waals surface area contributed by atoms with Gasteiger partial charge in [0.2, 0.25) is 11.4 Å². The van der Waals surface area contributed by atoms with Crippen molar-refractivity contribution in [2.75, 3.05) is 23.0 Å². The number of nitrogens with zero attached hydrogens (tertiary/aromatic N) is 2. The maximum absolute atomic E-state index is 11.3. The van der Waals surface area contributed by atoms with Crippen molar-refractivity contribution in [3.8, 4) is 5.75 Å². The lowest BCUT2D eigenvalue weighted by atomic mass is 10.1. The smallest absolute Gasteiger partial charge is 0.268 e. The molecule has 4 aromatic rings. The molecule has 13 heteroatoms. The number of rotatable bonds is 9. The minimum atomic E-state index is -4.38. The molecule has 1 aliphatic heterocycles. The summed E-state index contributed by atoms with van der Waals surface area (Å²) in [5.41, 5.74) is 1.55. The van der Waals surface area contributed by atoms with Crippen LogP contribution in [-0.2, 0) is 26.8 Å². The van der Waals surface area contributed by atoms with Gasteiger partial charge in [0, 0.05) is 29.5 Å². The number of thiazole rings is 1. The van der Waals surface area contributed by atoms with Crippen LogP contribution in [-0.4, -0.2) is 44.0 Å². The monoisotopic (exact) mass is 593 g/mol. The van der Waals surface area contributed by atoms with Crippen LogP contribution in [0.1, 0.15) is 17.8 Å². The summed E-state index contributed by atoms with van der Waals surface area (Å²) in [5.74, 6) is -0.0765. The fraction of sp³-hybridized carbons (Fsp3) is 0.240. The third-order valence-corrected chi connectivity index (χ3v) is 9.01. The van der Waals surface area contributed by atoms with Crippen LogP contribution in [0.4, 0.5) is 5.69 Å². The number of hydrogen-bond acceptors (Lipinski definition) is 9. The maximum Gasteiger partial charge on any atom is 0.268 e. The summed E-state index contributed by atoms with van der Waals surface area (Å²) in [4.78, 5) is 1.77. The van der Waals surface area contributed by atoms with Crippen molar-refractivity contribution in [3.05, 3.63) is 70.5 Å². The zero-order valence-electron chi connectivity index (χ0n) is 19.9. The van der Waals surface area contributed by atoms with Gasteiger partial charge in [0.25, 0.3) is 5.01 Å². The van der Waals surface area contributed by atoms with Crippen LogP contribution >= 0.6 is 22.9 Å². The van der Waals surface area contributed by atoms with Gasteiger partial charge in [0.15, 0.2) is 12.3 Å². The second-order valence-corrected chi connectivity index (χ2v) is 13.4. The fourth-order valence-electron chi connectivity index (χ4n) is 4.52. The van der Waals surface area contributed by atoms with Gasteiger partial charge < -0.3 is 18.7 Å². The van der Waals surface area contributed by atoms with Gasteiger partial charge in [-0.05, 0) is 42.1 Å². The molecule has 200 valence electrons. The number of halogens is 1. The van der Waals surface area contributed by atoms with Crippen molar-refractivity contribution >= 4 is 75.9 Å². The Morgan fingerprint density at radius 3 is 2.47 bits per heavy atom. The maximum atomic E-state index is 11.3. The lowest BCUT2D eigenvalue weighted by Gasteiger charge is -2.18. The Morgan fingerprint density at radius 2 is 1.71 bits per heavy atom. The number of anilines is 1. The molecule has 0 atom stereocenters. The first-order valence-electron chi connectivity index (χ1n) is 11.7. The van der Waals surface area contributed by atoms with Gasteiger partial charge in [0.1, 0.15) is 4.70 Å². The largest absolute Gasteiger partial charge is 0.748 e. The molecule has 3 aromatic carbocycles. The van der Waals surface area contributed by atoms with Crippen molar-refractivity contribution in [3.63, 3.8) is 0 Å². The lowest BCUT2D eigenvalue weighted by molar-refractivity contribution is -0.667. The zero-order valence-corrected chi connectivity index (χ0v) is 23.1. The Hall–Kier alpha value is -2.74. The molecule has 1 aromatic heterocycles. The zero-order chi connectivity index (χ0) is 27.1. The van der Waals surface area contributed by atoms with E-state index in [9.17, 15) is 25.9 Å². The molecule has 0 amide bonds. The van der Waals surface area contributed by atoms with Crippen LogP contribution < -0.4 is 14.2 Å². The van der Waals surface area contributed by atoms with Crippen molar-refractivity contribution in [1.29, 1.82) is 0 Å². The lowest BCUT2D eigenvalue weighted by Crippen LogP contribution is -2.36. The van der Waals surface area contributed by atoms with Gasteiger partial charge in [-0.25, -0.2) is 16.8 Å². The summed E-state index contributed by atoms with van der Waals surface area (Å²) in [7, 11) is -8.76. The average Bonchev–Trinajstić information content (AvgIpc) is 3.35. The van der Waals surface area contributed by atoms with Crippen LogP contribution in [0.2, 0.25) is 5.02 Å². The van der Waals surface area contributed by atoms with Gasteiger partial charge >= 0.3 is 0 Å². The van der Waals surface area contributed by atoms with E-state index < -0.39 is 31.7 Å². The molecule has 5 rings (SSSR count). The highest BCUT2D eigenvalue weighted by Gasteiger charge is 2.30. The number of benzene rings is 3. The van der Waals surface area contributed by atoms with Crippen molar-refractivity contribution in [1.82, 2.24) is 0 Å². The molecule has 0 fully saturated rings. The van der Waals surface area contributed by atoms with E-state index in [4.69, 9.17) is 16.3 Å². The van der Waals surface area contributed by atoms with E-state index in [0.29, 0.717) is 22.3 Å². The van der Waals surface area contributed by atoms with E-state index in [1.165, 1.54) is 11.3 Å². The molecule has 0 saturated heterocycles. The molecule has 0 spiro atoms. The van der Waals surface area contributed by atoms with Crippen LogP contribution in [0.3, 0.4) is 0 Å². The first-order valence-corrected chi connectivity index (χ1v) is 16.0. The van der Waals surface area contributed by atoms with Crippen molar-refractivity contribution in [2.24, 2.45) is 0 Å². The predicted molar refractivity (Wildman–Crippen MR) is 145 cm³/mol. The molecular formula is C25H22ClN2O7S3-. The SMILES string of the molecule is O=S(=O)([O-])CCCN1C(=Cc2sc3ccc4ccccc4c3[n+]2CCCS(=O)(=O)[O-])Oc2ccc(Cl)cc21. The number of fused-ring (bicyclic) bond motifs is 4. The molecule has 1 aliphatic rings. The van der Waals surface area contributed by atoms with Gasteiger partial charge in [-0.2, -0.15) is 4.57 Å². The molecule has 0 radical (unpaired) electrons. The Kier molecular flexibility index (Phi) is 7.37. The fourth-order valence-corrected chi connectivity index (χ4v) is 6.78. The number of aryl methyl sites for hydroxylation is 1. The van der Waals surface area contributed by atoms with Crippen molar-refractivity contribution < 1.29 is 35.2 Å². The minimum Gasteiger partial charge on any atom is -0.748 e. The second kappa shape index (κ2) is 10.4. The summed E-state index contributed by atoms with van der Waals surface area (Å²) in [6, 6.07) is 16.9. The van der Waals surface area contributed by atoms with Gasteiger partial charge in [-0.1, -0.05) is 47.2 Å². The highest BCUT2D eigenvalue weighted by Crippen LogP contribution is 2.41. The van der Waals surface area contributed by atoms with E-state index in [0.717, 1.165) is 26.0 Å². The molecule has 38 heavy (non-hydrogen) atoms. The molecule has 0 saturated carbocycles. The Balaban J connectivity index is 1.60. The first kappa shape index (κ1) is 26.9. The van der Waals surface area contributed by atoms with Crippen LogP contribution in [0, 0.1) is 0 Å². The number of aromatic nitrogens is 1. The van der Waals surface area contributed by atoms with Crippen LogP contribution in [0.25, 0.3) is 27.1 Å². The van der Waals surface area contributed by atoms with Crippen LogP contribution in [0.5, 0.6) is 5.75 Å². The van der Waals surface area contributed by atoms with E-state index in [1.807, 2.05) is 41.0 Å². The van der Waals surface area contributed by atoms with E-state index in [2.05, 4.69) is 0 Å². The quantitative estimate of drug-likeness (QED) is 0.210. The summed E-state index contributed by atoms with van der Waals surface area (Å²) in [6.07, 6.45) is 2.01. The predicted octanol–water partition coefficient (Wildman–Crippen LogP) is 4.06. The Morgan fingerprint density at radius 1 is 0.974 bits per heavy atom. The molecular weight excluding hydrogens is 572 g/mol. The normalized spacial score (nSPS) is 14.9. The average molecular weight is 594 g/mol. The topological polar surface area (TPSA) is 131 Å². The first-order chi connectivity index (χ1) is 18.0. The molecule has 0 unspecified atom stereocenters. The summed E-state index contributed by atoms with van der Waals surface area (Å²) >= 11 is 7.68. The molecule has 9 nitrogen and oxygen atoms in total. The summed E-state index contributed by atoms with van der Waals surface area (Å²) < 4.78 is 76.5. The Bertz CT molecular complexity index is 1780. The summed E-state index contributed by atoms with van der Waals surface area (Å²) in [5, 5.41) is 3.21. The minimum absolute atomic E-state index is 0.0803. The van der Waals surface area contributed by atoms with Gasteiger partial charge in [-0.3, -0.25) is 0 Å². The van der Waals surface area contributed by atoms with Gasteiger partial charge in [-0.15, -0.1) is 0 Å². The molecule has 0 N–H and O–H groups in total. The highest BCUT2D eigenvalue weighted by atomic mass is 35.5. The van der Waals surface area contributed by atoms with E-state index in [1.54, 1.807) is 29.2 Å². The third-order valence-electron chi connectivity index (χ3n) is 6.11. The molecule has 0 bridgehead atoms. The van der Waals surface area contributed by atoms with E-state index in [-0.39, 0.29) is 25.9 Å². The number of hydrogen-bond donors (Lipinski definition) is 0. The second-order valence-electron chi connectivity index (χ2n) is 8.80. The van der Waals surface area contributed by atoms with Crippen LogP contribution in [0.15, 0.2) is 60.5 Å². The third kappa shape index (κ3) is 5.95. The highest BCUT2D eigenvalue weighted by molar-refractivity contribution is 7.85. The van der Waals surface area contributed by atoms with Gasteiger partial charge in [0.05, 0.1) is 37.4 Å². The Labute approximate surface area is 229 Å². The summed E-state index contributed by atoms with van der Waals surface area (Å²) in [6.45, 7) is 0.477. The van der Waals surface area contributed by atoms with Crippen molar-refractivity contribution in [2.45, 2.75) is 19.4 Å². The number of ether oxygens (including phenoxy) is 1. The molecule has 0 aliphatic carbocycles. The standard InChI is InChI=1S/C25H23ClN2O7S3/c26-18-8-9-21-20(15-18)27(11-3-13-37(29,30)31)23(35-21)16-24-28(12-4-14-38(32,33)34)25-19-6-2-1-5-17(19)7-10-22(25)36-24/h1-2,5-10,15-16H,3-4,11-14H2,(H-,29,30,31,32,33,34)/p-1. The van der Waals surface area contributed by atoms with E-state index >= 15 is 0 Å². The molecule has 2 heterocycles.